The molecule has 162 valence electrons. The predicted octanol–water partition coefficient (Wildman–Crippen LogP) is 4.08. The summed E-state index contributed by atoms with van der Waals surface area (Å²) in [5.41, 5.74) is 0.858. The molecule has 0 saturated heterocycles. The molecular formula is C22H30N4O3S. The first-order valence-corrected chi connectivity index (χ1v) is 11.3. The van der Waals surface area contributed by atoms with Gasteiger partial charge in [-0.05, 0) is 31.0 Å². The minimum atomic E-state index is 0.0488. The Morgan fingerprint density at radius 3 is 2.60 bits per heavy atom. The Kier molecular flexibility index (Phi) is 8.19. The average molecular weight is 431 g/mol. The molecule has 1 fully saturated rings. The summed E-state index contributed by atoms with van der Waals surface area (Å²) in [6, 6.07) is 5.93. The van der Waals surface area contributed by atoms with Gasteiger partial charge in [0.25, 0.3) is 0 Å². The van der Waals surface area contributed by atoms with Gasteiger partial charge in [0.05, 0.1) is 20.0 Å². The molecule has 1 aromatic heterocycles. The minimum Gasteiger partial charge on any atom is -0.493 e. The number of nitrogens with zero attached hydrogens (tertiary/aromatic N) is 3. The molecule has 1 N–H and O–H groups in total. The summed E-state index contributed by atoms with van der Waals surface area (Å²) in [5, 5.41) is 12.5. The van der Waals surface area contributed by atoms with Crippen molar-refractivity contribution >= 4 is 17.7 Å². The second-order valence-electron chi connectivity index (χ2n) is 7.32. The lowest BCUT2D eigenvalue weighted by atomic mass is 10.1. The summed E-state index contributed by atoms with van der Waals surface area (Å²) in [4.78, 5) is 12.5. The van der Waals surface area contributed by atoms with Crippen molar-refractivity contribution in [2.24, 2.45) is 0 Å². The maximum Gasteiger partial charge on any atom is 0.230 e. The van der Waals surface area contributed by atoms with E-state index in [1.807, 2.05) is 22.8 Å². The van der Waals surface area contributed by atoms with Crippen LogP contribution in [0, 0.1) is 0 Å². The highest BCUT2D eigenvalue weighted by molar-refractivity contribution is 7.99. The van der Waals surface area contributed by atoms with E-state index >= 15 is 0 Å². The molecular weight excluding hydrogens is 400 g/mol. The number of allylic oxidation sites excluding steroid dienone is 1. The van der Waals surface area contributed by atoms with Crippen LogP contribution < -0.4 is 14.8 Å². The molecule has 0 unspecified atom stereocenters. The van der Waals surface area contributed by atoms with Gasteiger partial charge in [0.1, 0.15) is 0 Å². The molecule has 0 radical (unpaired) electrons. The Morgan fingerprint density at radius 2 is 1.93 bits per heavy atom. The molecule has 0 aliphatic heterocycles. The Hall–Kier alpha value is -2.48. The summed E-state index contributed by atoms with van der Waals surface area (Å²) in [6.45, 7) is 4.39. The number of aromatic nitrogens is 3. The number of ether oxygens (including phenoxy) is 2. The highest BCUT2D eigenvalue weighted by Gasteiger charge is 2.18. The first-order chi connectivity index (χ1) is 14.7. The van der Waals surface area contributed by atoms with Crippen LogP contribution in [0.5, 0.6) is 11.5 Å². The summed E-state index contributed by atoms with van der Waals surface area (Å²) >= 11 is 1.40. The Balaban J connectivity index is 1.71. The number of rotatable bonds is 9. The van der Waals surface area contributed by atoms with Gasteiger partial charge in [-0.2, -0.15) is 0 Å². The number of thioether (sulfide) groups is 1. The minimum absolute atomic E-state index is 0.0488. The van der Waals surface area contributed by atoms with Gasteiger partial charge in [0.15, 0.2) is 22.5 Å². The number of hydrogen-bond acceptors (Lipinski definition) is 6. The zero-order valence-corrected chi connectivity index (χ0v) is 18.5. The second kappa shape index (κ2) is 11.1. The van der Waals surface area contributed by atoms with Crippen molar-refractivity contribution in [3.63, 3.8) is 0 Å². The van der Waals surface area contributed by atoms with Crippen LogP contribution in [-0.2, 0) is 11.3 Å². The lowest BCUT2D eigenvalue weighted by Crippen LogP contribution is -2.35. The average Bonchev–Trinajstić information content (AvgIpc) is 2.98. The van der Waals surface area contributed by atoms with Gasteiger partial charge in [-0.15, -0.1) is 16.8 Å². The maximum absolute atomic E-state index is 12.5. The third kappa shape index (κ3) is 5.56. The fourth-order valence-electron chi connectivity index (χ4n) is 3.70. The highest BCUT2D eigenvalue weighted by atomic mass is 32.2. The van der Waals surface area contributed by atoms with Gasteiger partial charge in [-0.25, -0.2) is 0 Å². The van der Waals surface area contributed by atoms with Gasteiger partial charge in [0.2, 0.25) is 5.91 Å². The normalized spacial score (nSPS) is 14.7. The molecule has 0 atom stereocenters. The van der Waals surface area contributed by atoms with E-state index < -0.39 is 0 Å². The number of benzene rings is 1. The number of carbonyl (C=O) groups excluding carboxylic acids is 1. The molecule has 1 saturated carbocycles. The molecule has 8 heteroatoms. The molecule has 1 aliphatic rings. The monoisotopic (exact) mass is 430 g/mol. The molecule has 1 aliphatic carbocycles. The molecule has 0 spiro atoms. The van der Waals surface area contributed by atoms with Crippen LogP contribution in [0.2, 0.25) is 0 Å². The van der Waals surface area contributed by atoms with E-state index in [1.54, 1.807) is 20.3 Å². The van der Waals surface area contributed by atoms with Crippen LogP contribution in [0.15, 0.2) is 36.0 Å². The topological polar surface area (TPSA) is 78.3 Å². The SMILES string of the molecule is C=CCn1c(SCC(=O)NC2CCCCCC2)nnc1-c1ccc(OC)c(OC)c1. The zero-order valence-electron chi connectivity index (χ0n) is 17.7. The Bertz CT molecular complexity index is 860. The molecule has 3 rings (SSSR count). The summed E-state index contributed by atoms with van der Waals surface area (Å²) < 4.78 is 12.7. The van der Waals surface area contributed by atoms with E-state index in [9.17, 15) is 4.79 Å². The van der Waals surface area contributed by atoms with Crippen LogP contribution in [0.3, 0.4) is 0 Å². The van der Waals surface area contributed by atoms with E-state index in [-0.39, 0.29) is 5.91 Å². The molecule has 1 heterocycles. The summed E-state index contributed by atoms with van der Waals surface area (Å²) in [6.07, 6.45) is 8.87. The van der Waals surface area contributed by atoms with Crippen LogP contribution in [-0.4, -0.2) is 46.7 Å². The maximum atomic E-state index is 12.5. The van der Waals surface area contributed by atoms with Crippen molar-refractivity contribution in [3.8, 4) is 22.9 Å². The van der Waals surface area contributed by atoms with E-state index in [0.717, 1.165) is 18.4 Å². The molecule has 30 heavy (non-hydrogen) atoms. The number of nitrogens with one attached hydrogen (secondary N) is 1. The van der Waals surface area contributed by atoms with Crippen molar-refractivity contribution in [3.05, 3.63) is 30.9 Å². The van der Waals surface area contributed by atoms with Gasteiger partial charge in [-0.1, -0.05) is 43.5 Å². The van der Waals surface area contributed by atoms with E-state index in [4.69, 9.17) is 9.47 Å². The first-order valence-electron chi connectivity index (χ1n) is 10.3. The highest BCUT2D eigenvalue weighted by Crippen LogP contribution is 2.33. The quantitative estimate of drug-likeness (QED) is 0.367. The first kappa shape index (κ1) is 22.2. The van der Waals surface area contributed by atoms with Crippen molar-refractivity contribution in [2.45, 2.75) is 56.3 Å². The lowest BCUT2D eigenvalue weighted by molar-refractivity contribution is -0.119. The van der Waals surface area contributed by atoms with Crippen LogP contribution in [0.25, 0.3) is 11.4 Å². The van der Waals surface area contributed by atoms with Crippen molar-refractivity contribution in [1.29, 1.82) is 0 Å². The van der Waals surface area contributed by atoms with E-state index in [0.29, 0.717) is 40.8 Å². The van der Waals surface area contributed by atoms with E-state index in [1.165, 1.54) is 37.4 Å². The van der Waals surface area contributed by atoms with Crippen molar-refractivity contribution in [1.82, 2.24) is 20.1 Å². The van der Waals surface area contributed by atoms with Gasteiger partial charge >= 0.3 is 0 Å². The molecule has 1 amide bonds. The van der Waals surface area contributed by atoms with Crippen molar-refractivity contribution < 1.29 is 14.3 Å². The fraction of sp³-hybridized carbons (Fsp3) is 0.500. The molecule has 1 aromatic carbocycles. The van der Waals surface area contributed by atoms with Crippen LogP contribution in [0.4, 0.5) is 0 Å². The molecule has 2 aromatic rings. The molecule has 0 bridgehead atoms. The second-order valence-corrected chi connectivity index (χ2v) is 8.26. The Labute approximate surface area is 182 Å². The zero-order chi connectivity index (χ0) is 21.3. The molecule has 7 nitrogen and oxygen atoms in total. The number of methoxy groups -OCH3 is 2. The largest absolute Gasteiger partial charge is 0.493 e. The standard InChI is InChI=1S/C22H30N4O3S/c1-4-13-26-21(16-11-12-18(28-2)19(14-16)29-3)24-25-22(26)30-15-20(27)23-17-9-7-5-6-8-10-17/h4,11-12,14,17H,1,5-10,13,15H2,2-3H3,(H,23,27). The van der Waals surface area contributed by atoms with E-state index in [2.05, 4.69) is 22.1 Å². The van der Waals surface area contributed by atoms with Crippen LogP contribution in [0.1, 0.15) is 38.5 Å². The van der Waals surface area contributed by atoms with Crippen LogP contribution >= 0.6 is 11.8 Å². The van der Waals surface area contributed by atoms with Gasteiger partial charge in [0, 0.05) is 18.2 Å². The number of carbonyl (C=O) groups is 1. The third-order valence-electron chi connectivity index (χ3n) is 5.22. The van der Waals surface area contributed by atoms with Gasteiger partial charge in [-0.3, -0.25) is 9.36 Å². The van der Waals surface area contributed by atoms with Crippen molar-refractivity contribution in [2.75, 3.05) is 20.0 Å². The fourth-order valence-corrected chi connectivity index (χ4v) is 4.46. The smallest absolute Gasteiger partial charge is 0.230 e. The predicted molar refractivity (Wildman–Crippen MR) is 119 cm³/mol. The lowest BCUT2D eigenvalue weighted by Gasteiger charge is -2.16. The number of hydrogen-bond donors (Lipinski definition) is 1. The Morgan fingerprint density at radius 1 is 1.20 bits per heavy atom. The van der Waals surface area contributed by atoms with Gasteiger partial charge < -0.3 is 14.8 Å². The summed E-state index contributed by atoms with van der Waals surface area (Å²) in [7, 11) is 3.21. The summed E-state index contributed by atoms with van der Waals surface area (Å²) in [5.74, 6) is 2.34. The number of amides is 1. The third-order valence-corrected chi connectivity index (χ3v) is 6.19.